The number of methoxy groups -OCH3 is 3. The van der Waals surface area contributed by atoms with E-state index in [0.717, 1.165) is 31.2 Å². The Morgan fingerprint density at radius 3 is 1.33 bits per heavy atom. The van der Waals surface area contributed by atoms with Crippen LogP contribution in [-0.2, 0) is 0 Å². The molecular weight excluding hydrogens is 508 g/mol. The van der Waals surface area contributed by atoms with Gasteiger partial charge >= 0.3 is 0 Å². The van der Waals surface area contributed by atoms with Gasteiger partial charge in [-0.05, 0) is 52.6 Å². The van der Waals surface area contributed by atoms with Crippen molar-refractivity contribution in [2.45, 2.75) is 0 Å². The van der Waals surface area contributed by atoms with Crippen molar-refractivity contribution in [1.29, 1.82) is 0 Å². The van der Waals surface area contributed by atoms with E-state index in [1.54, 1.807) is 21.3 Å². The number of ether oxygens (including phenoxy) is 3. The second-order valence-electron chi connectivity index (χ2n) is 6.49. The van der Waals surface area contributed by atoms with E-state index in [9.17, 15) is 0 Å². The smallest absolute Gasteiger partial charge is 0.203 e. The SMILES string of the molecule is COc1cc(/C=C/c2ccc(/C=C/c3cc(Br)cc(Br)c3)cc2)cc(OC)c1OC. The molecule has 0 aliphatic carbocycles. The molecule has 0 atom stereocenters. The maximum absolute atomic E-state index is 5.41. The maximum Gasteiger partial charge on any atom is 0.203 e. The van der Waals surface area contributed by atoms with Crippen molar-refractivity contribution in [2.24, 2.45) is 0 Å². The lowest BCUT2D eigenvalue weighted by Gasteiger charge is -2.12. The molecule has 0 radical (unpaired) electrons. The molecule has 0 saturated heterocycles. The second-order valence-corrected chi connectivity index (χ2v) is 8.33. The van der Waals surface area contributed by atoms with Gasteiger partial charge in [-0.25, -0.2) is 0 Å². The lowest BCUT2D eigenvalue weighted by atomic mass is 10.1. The quantitative estimate of drug-likeness (QED) is 0.295. The zero-order chi connectivity index (χ0) is 21.5. The molecule has 0 spiro atoms. The van der Waals surface area contributed by atoms with Crippen LogP contribution in [0.3, 0.4) is 0 Å². The molecular formula is C25H22Br2O3. The van der Waals surface area contributed by atoms with Gasteiger partial charge in [-0.2, -0.15) is 0 Å². The molecule has 0 aliphatic heterocycles. The number of rotatable bonds is 7. The van der Waals surface area contributed by atoms with Gasteiger partial charge in [0, 0.05) is 8.95 Å². The highest BCUT2D eigenvalue weighted by Gasteiger charge is 2.11. The molecule has 0 unspecified atom stereocenters. The van der Waals surface area contributed by atoms with Crippen LogP contribution in [0.4, 0.5) is 0 Å². The van der Waals surface area contributed by atoms with E-state index in [0.29, 0.717) is 17.2 Å². The highest BCUT2D eigenvalue weighted by molar-refractivity contribution is 9.11. The molecule has 0 aliphatic rings. The van der Waals surface area contributed by atoms with Crippen molar-refractivity contribution in [1.82, 2.24) is 0 Å². The van der Waals surface area contributed by atoms with Crippen LogP contribution in [-0.4, -0.2) is 21.3 Å². The van der Waals surface area contributed by atoms with Crippen molar-refractivity contribution < 1.29 is 14.2 Å². The molecule has 0 fully saturated rings. The Kier molecular flexibility index (Phi) is 7.77. The van der Waals surface area contributed by atoms with Crippen LogP contribution in [0.15, 0.2) is 63.5 Å². The molecule has 0 heterocycles. The third-order valence-corrected chi connectivity index (χ3v) is 5.36. The van der Waals surface area contributed by atoms with Gasteiger partial charge in [0.25, 0.3) is 0 Å². The summed E-state index contributed by atoms with van der Waals surface area (Å²) in [5.41, 5.74) is 4.33. The largest absolute Gasteiger partial charge is 0.493 e. The highest BCUT2D eigenvalue weighted by atomic mass is 79.9. The Morgan fingerprint density at radius 1 is 0.533 bits per heavy atom. The molecule has 3 aromatic carbocycles. The third-order valence-electron chi connectivity index (χ3n) is 4.44. The van der Waals surface area contributed by atoms with Crippen LogP contribution >= 0.6 is 31.9 Å². The fourth-order valence-electron chi connectivity index (χ4n) is 2.97. The average molecular weight is 530 g/mol. The Hall–Kier alpha value is -2.50. The van der Waals surface area contributed by atoms with Gasteiger partial charge in [-0.15, -0.1) is 0 Å². The van der Waals surface area contributed by atoms with Crippen LogP contribution in [0.5, 0.6) is 17.2 Å². The minimum Gasteiger partial charge on any atom is -0.493 e. The van der Waals surface area contributed by atoms with Crippen molar-refractivity contribution in [2.75, 3.05) is 21.3 Å². The predicted octanol–water partition coefficient (Wildman–Crippen LogP) is 7.58. The monoisotopic (exact) mass is 528 g/mol. The summed E-state index contributed by atoms with van der Waals surface area (Å²) in [6.07, 6.45) is 8.27. The number of hydrogen-bond acceptors (Lipinski definition) is 3. The van der Waals surface area contributed by atoms with Crippen LogP contribution in [0.25, 0.3) is 24.3 Å². The van der Waals surface area contributed by atoms with Gasteiger partial charge in [0.2, 0.25) is 5.75 Å². The summed E-state index contributed by atoms with van der Waals surface area (Å²) in [6.45, 7) is 0. The predicted molar refractivity (Wildman–Crippen MR) is 132 cm³/mol. The Morgan fingerprint density at radius 2 is 0.933 bits per heavy atom. The van der Waals surface area contributed by atoms with Crippen molar-refractivity contribution in [3.05, 3.63) is 85.8 Å². The van der Waals surface area contributed by atoms with Crippen molar-refractivity contribution >= 4 is 56.2 Å². The molecule has 3 nitrogen and oxygen atoms in total. The molecule has 0 amide bonds. The number of benzene rings is 3. The zero-order valence-electron chi connectivity index (χ0n) is 17.0. The van der Waals surface area contributed by atoms with E-state index < -0.39 is 0 Å². The van der Waals surface area contributed by atoms with E-state index >= 15 is 0 Å². The highest BCUT2D eigenvalue weighted by Crippen LogP contribution is 2.38. The minimum absolute atomic E-state index is 0.589. The minimum atomic E-state index is 0.589. The number of halogens is 2. The topological polar surface area (TPSA) is 27.7 Å². The Bertz CT molecular complexity index is 1020. The normalized spacial score (nSPS) is 11.2. The van der Waals surface area contributed by atoms with E-state index in [2.05, 4.69) is 86.5 Å². The summed E-state index contributed by atoms with van der Waals surface area (Å²) in [6, 6.07) is 18.4. The first-order chi connectivity index (χ1) is 14.5. The standard InChI is InChI=1S/C25H22Br2O3/c1-28-23-14-20(15-24(29-2)25(23)30-3)11-9-18-6-4-17(5-7-18)8-10-19-12-21(26)16-22(27)13-19/h4-16H,1-3H3/b10-8+,11-9+. The fourth-order valence-corrected chi connectivity index (χ4v) is 4.30. The average Bonchev–Trinajstić information content (AvgIpc) is 2.75. The van der Waals surface area contributed by atoms with Gasteiger partial charge in [0.15, 0.2) is 11.5 Å². The van der Waals surface area contributed by atoms with Crippen molar-refractivity contribution in [3.8, 4) is 17.2 Å². The second kappa shape index (κ2) is 10.5. The van der Waals surface area contributed by atoms with E-state index in [1.807, 2.05) is 24.3 Å². The molecule has 0 saturated carbocycles. The summed E-state index contributed by atoms with van der Waals surface area (Å²) in [4.78, 5) is 0. The van der Waals surface area contributed by atoms with Gasteiger partial charge in [0.1, 0.15) is 0 Å². The van der Waals surface area contributed by atoms with Gasteiger partial charge < -0.3 is 14.2 Å². The Balaban J connectivity index is 1.75. The summed E-state index contributed by atoms with van der Waals surface area (Å²) >= 11 is 7.03. The van der Waals surface area contributed by atoms with Gasteiger partial charge in [-0.1, -0.05) is 80.4 Å². The summed E-state index contributed by atoms with van der Waals surface area (Å²) in [7, 11) is 4.83. The first kappa shape index (κ1) is 22.2. The maximum atomic E-state index is 5.41. The van der Waals surface area contributed by atoms with Crippen molar-refractivity contribution in [3.63, 3.8) is 0 Å². The molecule has 0 aromatic heterocycles. The lowest BCUT2D eigenvalue weighted by Crippen LogP contribution is -1.95. The first-order valence-electron chi connectivity index (χ1n) is 9.24. The fraction of sp³-hybridized carbons (Fsp3) is 0.120. The molecule has 3 rings (SSSR count). The molecule has 154 valence electrons. The summed E-state index contributed by atoms with van der Waals surface area (Å²) in [5, 5.41) is 0. The van der Waals surface area contributed by atoms with Crippen LogP contribution in [0.1, 0.15) is 22.3 Å². The van der Waals surface area contributed by atoms with Crippen LogP contribution < -0.4 is 14.2 Å². The Labute approximate surface area is 194 Å². The lowest BCUT2D eigenvalue weighted by molar-refractivity contribution is 0.324. The van der Waals surface area contributed by atoms with Crippen LogP contribution in [0, 0.1) is 0 Å². The first-order valence-corrected chi connectivity index (χ1v) is 10.8. The van der Waals surface area contributed by atoms with E-state index in [1.165, 1.54) is 0 Å². The zero-order valence-corrected chi connectivity index (χ0v) is 20.2. The molecule has 0 bridgehead atoms. The summed E-state index contributed by atoms with van der Waals surface area (Å²) in [5.74, 6) is 1.86. The third kappa shape index (κ3) is 5.77. The van der Waals surface area contributed by atoms with Crippen LogP contribution in [0.2, 0.25) is 0 Å². The molecule has 5 heteroatoms. The molecule has 3 aromatic rings. The molecule has 30 heavy (non-hydrogen) atoms. The molecule has 0 N–H and O–H groups in total. The summed E-state index contributed by atoms with van der Waals surface area (Å²) < 4.78 is 18.3. The number of hydrogen-bond donors (Lipinski definition) is 0. The van der Waals surface area contributed by atoms with E-state index in [-0.39, 0.29) is 0 Å². The van der Waals surface area contributed by atoms with E-state index in [4.69, 9.17) is 14.2 Å². The van der Waals surface area contributed by atoms with Gasteiger partial charge in [0.05, 0.1) is 21.3 Å². The van der Waals surface area contributed by atoms with Gasteiger partial charge in [-0.3, -0.25) is 0 Å².